The Kier molecular flexibility index (Phi) is 4.32. The maximum absolute atomic E-state index is 13.0. The minimum absolute atomic E-state index is 0.239. The summed E-state index contributed by atoms with van der Waals surface area (Å²) in [5, 5.41) is 5.25. The van der Waals surface area contributed by atoms with Crippen molar-refractivity contribution in [2.75, 3.05) is 10.6 Å². The molecule has 2 aromatic rings. The maximum Gasteiger partial charge on any atom is 0.323 e. The summed E-state index contributed by atoms with van der Waals surface area (Å²) in [5.41, 5.74) is 1.09. The number of hydrogen-bond acceptors (Lipinski definition) is 2. The van der Waals surface area contributed by atoms with Gasteiger partial charge >= 0.3 is 6.03 Å². The molecule has 0 aliphatic rings. The molecule has 0 aliphatic heterocycles. The van der Waals surface area contributed by atoms with Crippen LogP contribution >= 0.6 is 11.6 Å². The molecule has 0 atom stereocenters. The number of amides is 2. The lowest BCUT2D eigenvalue weighted by atomic mass is 10.2. The Hall–Kier alpha value is -2.40. The van der Waals surface area contributed by atoms with Crippen molar-refractivity contribution >= 4 is 35.3 Å². The molecule has 102 valence electrons. The van der Waals surface area contributed by atoms with Gasteiger partial charge < -0.3 is 10.6 Å². The molecular weight excluding hydrogens is 283 g/mol. The van der Waals surface area contributed by atoms with E-state index in [-0.39, 0.29) is 5.02 Å². The molecule has 0 aromatic heterocycles. The summed E-state index contributed by atoms with van der Waals surface area (Å²) in [6.07, 6.45) is 0.624. The van der Waals surface area contributed by atoms with E-state index in [4.69, 9.17) is 11.6 Å². The Balaban J connectivity index is 2.04. The third-order valence-corrected chi connectivity index (χ3v) is 2.80. The van der Waals surface area contributed by atoms with Gasteiger partial charge in [0.1, 0.15) is 5.82 Å². The van der Waals surface area contributed by atoms with Gasteiger partial charge in [0.05, 0.1) is 5.02 Å². The van der Waals surface area contributed by atoms with Gasteiger partial charge in [-0.2, -0.15) is 0 Å². The van der Waals surface area contributed by atoms with Crippen LogP contribution in [0, 0.1) is 5.82 Å². The number of hydrogen-bond donors (Lipinski definition) is 2. The van der Waals surface area contributed by atoms with E-state index in [1.54, 1.807) is 12.1 Å². The molecule has 0 bridgehead atoms. The molecule has 2 amide bonds. The van der Waals surface area contributed by atoms with Crippen LogP contribution < -0.4 is 10.6 Å². The highest BCUT2D eigenvalue weighted by atomic mass is 35.5. The third kappa shape index (κ3) is 3.55. The largest absolute Gasteiger partial charge is 0.323 e. The molecule has 20 heavy (non-hydrogen) atoms. The van der Waals surface area contributed by atoms with Gasteiger partial charge in [-0.25, -0.2) is 9.18 Å². The number of halogens is 2. The summed E-state index contributed by atoms with van der Waals surface area (Å²) in [7, 11) is 0. The monoisotopic (exact) mass is 292 g/mol. The molecule has 0 spiro atoms. The highest BCUT2D eigenvalue weighted by Crippen LogP contribution is 2.19. The Morgan fingerprint density at radius 3 is 2.40 bits per heavy atom. The average Bonchev–Trinajstić information content (AvgIpc) is 2.38. The molecule has 0 saturated carbocycles. The fourth-order valence-corrected chi connectivity index (χ4v) is 1.79. The molecule has 0 fully saturated rings. The number of benzene rings is 2. The van der Waals surface area contributed by atoms with Crippen LogP contribution in [0.3, 0.4) is 0 Å². The predicted molar refractivity (Wildman–Crippen MR) is 75.9 cm³/mol. The van der Waals surface area contributed by atoms with Gasteiger partial charge in [-0.3, -0.25) is 4.79 Å². The molecule has 0 heterocycles. The molecule has 0 radical (unpaired) electrons. The van der Waals surface area contributed by atoms with E-state index < -0.39 is 11.8 Å². The van der Waals surface area contributed by atoms with Gasteiger partial charge in [0, 0.05) is 16.9 Å². The van der Waals surface area contributed by atoms with E-state index in [1.165, 1.54) is 30.3 Å². The lowest BCUT2D eigenvalue weighted by Crippen LogP contribution is -2.19. The minimum atomic E-state index is -0.537. The minimum Gasteiger partial charge on any atom is -0.308 e. The van der Waals surface area contributed by atoms with Gasteiger partial charge in [0.2, 0.25) is 0 Å². The highest BCUT2D eigenvalue weighted by molar-refractivity contribution is 6.33. The average molecular weight is 293 g/mol. The van der Waals surface area contributed by atoms with Crippen molar-refractivity contribution in [2.24, 2.45) is 0 Å². The first-order valence-corrected chi connectivity index (χ1v) is 6.04. The summed E-state index contributed by atoms with van der Waals surface area (Å²) in [6.45, 7) is 0. The van der Waals surface area contributed by atoms with Gasteiger partial charge in [0.25, 0.3) is 0 Å². The van der Waals surface area contributed by atoms with Crippen LogP contribution in [0.5, 0.6) is 0 Å². The van der Waals surface area contributed by atoms with E-state index in [2.05, 4.69) is 10.6 Å². The van der Waals surface area contributed by atoms with Crippen molar-refractivity contribution in [2.45, 2.75) is 0 Å². The first kappa shape index (κ1) is 14.0. The molecule has 6 heteroatoms. The molecule has 0 saturated heterocycles. The van der Waals surface area contributed by atoms with Crippen LogP contribution in [-0.2, 0) is 0 Å². The molecule has 0 aliphatic carbocycles. The van der Waals surface area contributed by atoms with Crippen molar-refractivity contribution in [1.29, 1.82) is 0 Å². The lowest BCUT2D eigenvalue weighted by molar-refractivity contribution is 0.112. The number of aldehydes is 1. The Morgan fingerprint density at radius 1 is 1.10 bits per heavy atom. The Bertz CT molecular complexity index is 661. The zero-order valence-electron chi connectivity index (χ0n) is 10.2. The summed E-state index contributed by atoms with van der Waals surface area (Å²) in [6, 6.07) is 9.48. The molecular formula is C14H10ClFN2O2. The molecule has 0 unspecified atom stereocenters. The van der Waals surface area contributed by atoms with Crippen LogP contribution in [0.15, 0.2) is 42.5 Å². The standard InChI is InChI=1S/C14H10ClFN2O2/c15-13-7-12(5-4-9(13)8-19)18-14(20)17-11-3-1-2-10(16)6-11/h1-8H,(H2,17,18,20). The zero-order valence-corrected chi connectivity index (χ0v) is 10.9. The zero-order chi connectivity index (χ0) is 14.5. The van der Waals surface area contributed by atoms with Crippen LogP contribution in [0.4, 0.5) is 20.6 Å². The second-order valence-corrected chi connectivity index (χ2v) is 4.35. The van der Waals surface area contributed by atoms with Gasteiger partial charge in [-0.1, -0.05) is 17.7 Å². The second kappa shape index (κ2) is 6.16. The van der Waals surface area contributed by atoms with E-state index in [0.717, 1.165) is 0 Å². The van der Waals surface area contributed by atoms with Gasteiger partial charge in [-0.15, -0.1) is 0 Å². The summed E-state index contributed by atoms with van der Waals surface area (Å²) in [5.74, 6) is -0.443. The number of urea groups is 1. The van der Waals surface area contributed by atoms with E-state index in [9.17, 15) is 14.0 Å². The van der Waals surface area contributed by atoms with E-state index in [0.29, 0.717) is 23.2 Å². The lowest BCUT2D eigenvalue weighted by Gasteiger charge is -2.08. The van der Waals surface area contributed by atoms with Gasteiger partial charge in [-0.05, 0) is 36.4 Å². The smallest absolute Gasteiger partial charge is 0.308 e. The van der Waals surface area contributed by atoms with E-state index in [1.807, 2.05) is 0 Å². The summed E-state index contributed by atoms with van der Waals surface area (Å²) < 4.78 is 13.0. The van der Waals surface area contributed by atoms with Crippen molar-refractivity contribution in [3.63, 3.8) is 0 Å². The van der Waals surface area contributed by atoms with Crippen molar-refractivity contribution in [3.8, 4) is 0 Å². The summed E-state index contributed by atoms with van der Waals surface area (Å²) >= 11 is 5.84. The molecule has 2 N–H and O–H groups in total. The Morgan fingerprint density at radius 2 is 1.80 bits per heavy atom. The third-order valence-electron chi connectivity index (χ3n) is 2.47. The van der Waals surface area contributed by atoms with Crippen LogP contribution in [0.25, 0.3) is 0 Å². The molecule has 2 aromatic carbocycles. The fraction of sp³-hybridized carbons (Fsp3) is 0. The molecule has 2 rings (SSSR count). The van der Waals surface area contributed by atoms with E-state index >= 15 is 0 Å². The normalized spacial score (nSPS) is 9.90. The first-order chi connectivity index (χ1) is 9.58. The van der Waals surface area contributed by atoms with Crippen LogP contribution in [0.2, 0.25) is 5.02 Å². The van der Waals surface area contributed by atoms with Gasteiger partial charge in [0.15, 0.2) is 6.29 Å². The topological polar surface area (TPSA) is 58.2 Å². The number of carbonyl (C=O) groups is 2. The number of carbonyl (C=O) groups excluding carboxylic acids is 2. The predicted octanol–water partition coefficient (Wildman–Crippen LogP) is 3.94. The quantitative estimate of drug-likeness (QED) is 0.842. The maximum atomic E-state index is 13.0. The van der Waals surface area contributed by atoms with Crippen LogP contribution in [0.1, 0.15) is 10.4 Å². The van der Waals surface area contributed by atoms with Crippen LogP contribution in [-0.4, -0.2) is 12.3 Å². The van der Waals surface area contributed by atoms with Crippen molar-refractivity contribution in [3.05, 3.63) is 58.9 Å². The number of anilines is 2. The Labute approximate surface area is 119 Å². The SMILES string of the molecule is O=Cc1ccc(NC(=O)Nc2cccc(F)c2)cc1Cl. The molecule has 4 nitrogen and oxygen atoms in total. The number of nitrogens with one attached hydrogen (secondary N) is 2. The second-order valence-electron chi connectivity index (χ2n) is 3.94. The first-order valence-electron chi connectivity index (χ1n) is 5.67. The fourth-order valence-electron chi connectivity index (χ4n) is 1.56. The summed E-state index contributed by atoms with van der Waals surface area (Å²) in [4.78, 5) is 22.3. The van der Waals surface area contributed by atoms with Crippen molar-refractivity contribution in [1.82, 2.24) is 0 Å². The number of rotatable bonds is 3. The highest BCUT2D eigenvalue weighted by Gasteiger charge is 2.05. The van der Waals surface area contributed by atoms with Crippen molar-refractivity contribution < 1.29 is 14.0 Å².